The predicted molar refractivity (Wildman–Crippen MR) is 111 cm³/mol. The molecule has 0 saturated carbocycles. The van der Waals surface area contributed by atoms with Crippen molar-refractivity contribution in [3.63, 3.8) is 0 Å². The quantitative estimate of drug-likeness (QED) is 0.792. The molecule has 0 aliphatic carbocycles. The molecule has 0 spiro atoms. The fraction of sp³-hybridized carbons (Fsp3) is 0.391. The van der Waals surface area contributed by atoms with E-state index in [-0.39, 0.29) is 11.5 Å². The highest BCUT2D eigenvalue weighted by Crippen LogP contribution is 2.39. The lowest BCUT2D eigenvalue weighted by Crippen LogP contribution is -2.32. The molecule has 1 amide bonds. The number of aryl methyl sites for hydroxylation is 1. The van der Waals surface area contributed by atoms with Crippen molar-refractivity contribution in [2.75, 3.05) is 18.0 Å². The van der Waals surface area contributed by atoms with Crippen LogP contribution in [0.3, 0.4) is 0 Å². The molecule has 0 bridgehead atoms. The van der Waals surface area contributed by atoms with Crippen molar-refractivity contribution in [3.8, 4) is 0 Å². The van der Waals surface area contributed by atoms with E-state index in [1.807, 2.05) is 6.92 Å². The molecule has 1 saturated heterocycles. The molecule has 148 valence electrons. The van der Waals surface area contributed by atoms with Crippen molar-refractivity contribution in [2.45, 2.75) is 44.9 Å². The number of carbonyl (C=O) groups excluding carboxylic acids is 1. The zero-order valence-electron chi connectivity index (χ0n) is 16.5. The highest BCUT2D eigenvalue weighted by molar-refractivity contribution is 5.88. The number of anilines is 1. The molecule has 28 heavy (non-hydrogen) atoms. The topological polar surface area (TPSA) is 83.6 Å². The number of hydrogen-bond acceptors (Lipinski definition) is 3. The molecule has 2 atom stereocenters. The molecule has 0 radical (unpaired) electrons. The number of nitrogens with two attached hydrogens (primary N) is 1. The zero-order valence-corrected chi connectivity index (χ0v) is 16.5. The minimum atomic E-state index is -0.985. The van der Waals surface area contributed by atoms with Gasteiger partial charge in [-0.25, -0.2) is 4.79 Å². The first kappa shape index (κ1) is 19.9. The summed E-state index contributed by atoms with van der Waals surface area (Å²) in [6.07, 6.45) is 3.61. The first-order valence-corrected chi connectivity index (χ1v) is 9.86. The fourth-order valence-corrected chi connectivity index (χ4v) is 4.17. The van der Waals surface area contributed by atoms with E-state index < -0.39 is 17.8 Å². The maximum absolute atomic E-state index is 12.4. The Labute approximate surface area is 166 Å². The van der Waals surface area contributed by atoms with E-state index in [0.29, 0.717) is 0 Å². The third-order valence-electron chi connectivity index (χ3n) is 5.69. The summed E-state index contributed by atoms with van der Waals surface area (Å²) in [4.78, 5) is 25.9. The van der Waals surface area contributed by atoms with Crippen LogP contribution in [-0.4, -0.2) is 30.1 Å². The monoisotopic (exact) mass is 380 g/mol. The summed E-state index contributed by atoms with van der Waals surface area (Å²) in [6, 6.07) is 12.9. The molecule has 2 unspecified atom stereocenters. The molecule has 3 N–H and O–H groups in total. The molecule has 1 aliphatic heterocycles. The van der Waals surface area contributed by atoms with Crippen LogP contribution >= 0.6 is 0 Å². The van der Waals surface area contributed by atoms with E-state index in [1.54, 1.807) is 12.1 Å². The van der Waals surface area contributed by atoms with E-state index in [2.05, 4.69) is 30.0 Å². The Morgan fingerprint density at radius 2 is 1.68 bits per heavy atom. The number of aromatic carboxylic acids is 1. The molecule has 3 rings (SSSR count). The van der Waals surface area contributed by atoms with E-state index in [0.717, 1.165) is 29.8 Å². The maximum Gasteiger partial charge on any atom is 0.335 e. The SMILES string of the molecule is Cc1ccc(N2CCCCC2)c(C(C)C(C(N)=O)c2ccc(C(=O)O)cc2)c1. The third-order valence-corrected chi connectivity index (χ3v) is 5.69. The largest absolute Gasteiger partial charge is 0.478 e. The molecule has 5 heteroatoms. The second kappa shape index (κ2) is 8.46. The molecule has 2 aromatic carbocycles. The smallest absolute Gasteiger partial charge is 0.335 e. The average molecular weight is 380 g/mol. The minimum Gasteiger partial charge on any atom is -0.478 e. The number of carboxylic acids is 1. The Kier molecular flexibility index (Phi) is 6.02. The number of piperidine rings is 1. The maximum atomic E-state index is 12.4. The van der Waals surface area contributed by atoms with Crippen molar-refractivity contribution in [1.82, 2.24) is 0 Å². The summed E-state index contributed by atoms with van der Waals surface area (Å²) in [5.74, 6) is -2.03. The van der Waals surface area contributed by atoms with Crippen molar-refractivity contribution in [1.29, 1.82) is 0 Å². The number of amides is 1. The van der Waals surface area contributed by atoms with Crippen LogP contribution in [0.2, 0.25) is 0 Å². The zero-order chi connectivity index (χ0) is 20.3. The second-order valence-corrected chi connectivity index (χ2v) is 7.71. The Morgan fingerprint density at radius 1 is 1.04 bits per heavy atom. The van der Waals surface area contributed by atoms with Crippen LogP contribution in [-0.2, 0) is 4.79 Å². The number of primary amides is 1. The van der Waals surface area contributed by atoms with Gasteiger partial charge >= 0.3 is 5.97 Å². The van der Waals surface area contributed by atoms with Crippen LogP contribution in [0.5, 0.6) is 0 Å². The molecule has 1 heterocycles. The van der Waals surface area contributed by atoms with Gasteiger partial charge in [-0.3, -0.25) is 4.79 Å². The Hall–Kier alpha value is -2.82. The van der Waals surface area contributed by atoms with Gasteiger partial charge in [0.1, 0.15) is 0 Å². The minimum absolute atomic E-state index is 0.120. The van der Waals surface area contributed by atoms with Gasteiger partial charge in [0.2, 0.25) is 5.91 Å². The molecule has 5 nitrogen and oxygen atoms in total. The summed E-state index contributed by atoms with van der Waals surface area (Å²) < 4.78 is 0. The van der Waals surface area contributed by atoms with Gasteiger partial charge in [0.05, 0.1) is 11.5 Å². The van der Waals surface area contributed by atoms with E-state index >= 15 is 0 Å². The Bertz CT molecular complexity index is 855. The lowest BCUT2D eigenvalue weighted by atomic mass is 9.80. The van der Waals surface area contributed by atoms with Gasteiger partial charge in [0, 0.05) is 18.8 Å². The lowest BCUT2D eigenvalue weighted by molar-refractivity contribution is -0.119. The third kappa shape index (κ3) is 4.19. The predicted octanol–water partition coefficient (Wildman–Crippen LogP) is 4.06. The summed E-state index contributed by atoms with van der Waals surface area (Å²) in [6.45, 7) is 6.13. The summed E-state index contributed by atoms with van der Waals surface area (Å²) in [7, 11) is 0. The first-order chi connectivity index (χ1) is 13.4. The number of hydrogen-bond donors (Lipinski definition) is 2. The first-order valence-electron chi connectivity index (χ1n) is 9.86. The molecular weight excluding hydrogens is 352 g/mol. The normalized spacial score (nSPS) is 16.4. The van der Waals surface area contributed by atoms with Gasteiger partial charge in [-0.15, -0.1) is 0 Å². The number of benzene rings is 2. The average Bonchev–Trinajstić information content (AvgIpc) is 2.68. The fourth-order valence-electron chi connectivity index (χ4n) is 4.17. The Balaban J connectivity index is 1.99. The van der Waals surface area contributed by atoms with Gasteiger partial charge in [-0.2, -0.15) is 0 Å². The number of carboxylic acid groups (broad SMARTS) is 1. The van der Waals surface area contributed by atoms with Crippen LogP contribution in [0, 0.1) is 6.92 Å². The highest BCUT2D eigenvalue weighted by atomic mass is 16.4. The number of rotatable bonds is 6. The van der Waals surface area contributed by atoms with Crippen molar-refractivity contribution in [2.24, 2.45) is 5.73 Å². The molecule has 2 aromatic rings. The molecular formula is C23H28N2O3. The lowest BCUT2D eigenvalue weighted by Gasteiger charge is -2.33. The van der Waals surface area contributed by atoms with Gasteiger partial charge < -0.3 is 15.7 Å². The van der Waals surface area contributed by atoms with E-state index in [1.165, 1.54) is 37.1 Å². The van der Waals surface area contributed by atoms with E-state index in [9.17, 15) is 9.59 Å². The number of nitrogens with zero attached hydrogens (tertiary/aromatic N) is 1. The van der Waals surface area contributed by atoms with Crippen LogP contribution in [0.4, 0.5) is 5.69 Å². The summed E-state index contributed by atoms with van der Waals surface area (Å²) in [5.41, 5.74) is 10.2. The van der Waals surface area contributed by atoms with Crippen molar-refractivity contribution in [3.05, 3.63) is 64.7 Å². The standard InChI is InChI=1S/C23H28N2O3/c1-15-6-11-20(25-12-4-3-5-13-25)19(14-15)16(2)21(22(24)26)17-7-9-18(10-8-17)23(27)28/h6-11,14,16,21H,3-5,12-13H2,1-2H3,(H2,24,26)(H,27,28). The van der Waals surface area contributed by atoms with Gasteiger partial charge in [0.25, 0.3) is 0 Å². The van der Waals surface area contributed by atoms with Crippen LogP contribution < -0.4 is 10.6 Å². The molecule has 1 fully saturated rings. The summed E-state index contributed by atoms with van der Waals surface area (Å²) in [5, 5.41) is 9.12. The van der Waals surface area contributed by atoms with Crippen molar-refractivity contribution < 1.29 is 14.7 Å². The summed E-state index contributed by atoms with van der Waals surface area (Å²) >= 11 is 0. The van der Waals surface area contributed by atoms with Gasteiger partial charge in [-0.1, -0.05) is 36.8 Å². The second-order valence-electron chi connectivity index (χ2n) is 7.71. The van der Waals surface area contributed by atoms with E-state index in [4.69, 9.17) is 10.8 Å². The highest BCUT2D eigenvalue weighted by Gasteiger charge is 2.29. The van der Waals surface area contributed by atoms with Crippen LogP contribution in [0.15, 0.2) is 42.5 Å². The van der Waals surface area contributed by atoms with Crippen LogP contribution in [0.25, 0.3) is 0 Å². The Morgan fingerprint density at radius 3 is 2.25 bits per heavy atom. The number of carbonyl (C=O) groups is 2. The van der Waals surface area contributed by atoms with Crippen molar-refractivity contribution >= 4 is 17.6 Å². The van der Waals surface area contributed by atoms with Crippen LogP contribution in [0.1, 0.15) is 65.1 Å². The molecule has 0 aromatic heterocycles. The van der Waals surface area contributed by atoms with Gasteiger partial charge in [0.15, 0.2) is 0 Å². The molecule has 1 aliphatic rings. The van der Waals surface area contributed by atoms with Gasteiger partial charge in [-0.05, 0) is 61.4 Å².